The molecule has 1 saturated heterocycles. The van der Waals surface area contributed by atoms with Crippen molar-refractivity contribution in [2.24, 2.45) is 0 Å². The Kier molecular flexibility index (Phi) is 4.51. The van der Waals surface area contributed by atoms with Gasteiger partial charge in [-0.2, -0.15) is 0 Å². The molecule has 3 aromatic rings. The van der Waals surface area contributed by atoms with Gasteiger partial charge in [0.15, 0.2) is 5.75 Å². The van der Waals surface area contributed by atoms with Gasteiger partial charge in [-0.3, -0.25) is 5.11 Å². The van der Waals surface area contributed by atoms with E-state index in [-0.39, 0.29) is 17.9 Å². The van der Waals surface area contributed by atoms with Crippen LogP contribution in [0, 0.1) is 0 Å². The third-order valence-corrected chi connectivity index (χ3v) is 4.97. The van der Waals surface area contributed by atoms with Crippen LogP contribution in [0.2, 0.25) is 5.02 Å². The number of fused-ring (bicyclic) bond motifs is 1. The first-order valence-corrected chi connectivity index (χ1v) is 8.92. The summed E-state index contributed by atoms with van der Waals surface area (Å²) in [6.45, 7) is 0.861. The molecule has 0 aliphatic carbocycles. The molecule has 1 aliphatic heterocycles. The van der Waals surface area contributed by atoms with E-state index in [1.807, 2.05) is 42.5 Å². The molecule has 1 radical (unpaired) electrons. The van der Waals surface area contributed by atoms with Gasteiger partial charge >= 0.3 is 0 Å². The normalized spacial score (nSPS) is 20.5. The molecule has 0 amide bonds. The van der Waals surface area contributed by atoms with Crippen molar-refractivity contribution in [3.63, 3.8) is 0 Å². The summed E-state index contributed by atoms with van der Waals surface area (Å²) in [6, 6.07) is 19.1. The molecule has 1 N–H and O–H groups in total. The molecule has 2 unspecified atom stereocenters. The maximum Gasteiger partial charge on any atom is 0.179 e. The van der Waals surface area contributed by atoms with E-state index in [1.165, 1.54) is 0 Å². The highest BCUT2D eigenvalue weighted by Crippen LogP contribution is 2.34. The second-order valence-electron chi connectivity index (χ2n) is 6.46. The first-order valence-electron chi connectivity index (χ1n) is 8.54. The van der Waals surface area contributed by atoms with E-state index in [0.29, 0.717) is 5.02 Å². The smallest absolute Gasteiger partial charge is 0.179 e. The van der Waals surface area contributed by atoms with Crippen molar-refractivity contribution in [2.45, 2.75) is 25.0 Å². The van der Waals surface area contributed by atoms with Gasteiger partial charge in [-0.1, -0.05) is 35.9 Å². The molecule has 3 aromatic carbocycles. The summed E-state index contributed by atoms with van der Waals surface area (Å²) in [5, 5.41) is 18.4. The Hall–Kier alpha value is -2.23. The van der Waals surface area contributed by atoms with Crippen molar-refractivity contribution < 1.29 is 9.84 Å². The quantitative estimate of drug-likeness (QED) is 0.675. The molecular weight excluding hydrogens is 334 g/mol. The highest BCUT2D eigenvalue weighted by atomic mass is 35.5. The fraction of sp³-hybridized carbons (Fsp3) is 0.238. The predicted octanol–water partition coefficient (Wildman–Crippen LogP) is 5.51. The lowest BCUT2D eigenvalue weighted by atomic mass is 9.91. The number of benzene rings is 3. The minimum Gasteiger partial charge on any atom is -0.490 e. The van der Waals surface area contributed by atoms with Crippen molar-refractivity contribution in [3.8, 4) is 11.5 Å². The molecular formula is C21H19ClNO2. The molecule has 4 heteroatoms. The molecule has 0 bridgehead atoms. The van der Waals surface area contributed by atoms with Gasteiger partial charge in [0, 0.05) is 17.5 Å². The maximum absolute atomic E-state index is 12.1. The molecule has 4 rings (SSSR count). The Balaban J connectivity index is 1.58. The van der Waals surface area contributed by atoms with E-state index >= 15 is 0 Å². The summed E-state index contributed by atoms with van der Waals surface area (Å²) in [7, 11) is 0. The van der Waals surface area contributed by atoms with Crippen LogP contribution in [0.3, 0.4) is 0 Å². The summed E-state index contributed by atoms with van der Waals surface area (Å²) in [5.41, 5.74) is 1.06. The third kappa shape index (κ3) is 3.58. The van der Waals surface area contributed by atoms with Crippen LogP contribution in [-0.2, 0) is 5.11 Å². The fourth-order valence-electron chi connectivity index (χ4n) is 3.53. The van der Waals surface area contributed by atoms with Gasteiger partial charge in [-0.15, -0.1) is 0 Å². The Morgan fingerprint density at radius 2 is 1.84 bits per heavy atom. The van der Waals surface area contributed by atoms with Gasteiger partial charge in [-0.25, -0.2) is 0 Å². The Morgan fingerprint density at radius 1 is 1.04 bits per heavy atom. The van der Waals surface area contributed by atoms with Crippen LogP contribution in [0.25, 0.3) is 10.8 Å². The standard InChI is InChI=1S/C21H19ClNO2/c22-15-5-7-17(8-6-15)25-18-9-10-23-21(13-18)20-12-16(24)11-14-3-1-2-4-19(14)20/h1-8,11-12,18,21,23H,9-10,13H2. The maximum atomic E-state index is 12.1. The number of nitrogens with one attached hydrogen (secondary N) is 1. The minimum atomic E-state index is 0.0521. The lowest BCUT2D eigenvalue weighted by molar-refractivity contribution is 0.140. The SMILES string of the molecule is [O]c1cc(C2CC(Oc3ccc(Cl)cc3)CCN2)c2ccccc2c1. The van der Waals surface area contributed by atoms with E-state index in [4.69, 9.17) is 16.3 Å². The fourth-order valence-corrected chi connectivity index (χ4v) is 3.66. The van der Waals surface area contributed by atoms with Crippen molar-refractivity contribution in [2.75, 3.05) is 6.54 Å². The van der Waals surface area contributed by atoms with Gasteiger partial charge in [0.05, 0.1) is 0 Å². The molecule has 0 spiro atoms. The van der Waals surface area contributed by atoms with E-state index in [1.54, 1.807) is 12.1 Å². The predicted molar refractivity (Wildman–Crippen MR) is 99.9 cm³/mol. The zero-order valence-corrected chi connectivity index (χ0v) is 14.5. The van der Waals surface area contributed by atoms with Gasteiger partial charge < -0.3 is 10.1 Å². The van der Waals surface area contributed by atoms with E-state index in [0.717, 1.165) is 41.5 Å². The van der Waals surface area contributed by atoms with Crippen molar-refractivity contribution in [1.29, 1.82) is 0 Å². The largest absolute Gasteiger partial charge is 0.490 e. The number of halogens is 1. The molecule has 25 heavy (non-hydrogen) atoms. The number of hydrogen-bond acceptors (Lipinski definition) is 2. The summed E-state index contributed by atoms with van der Waals surface area (Å²) < 4.78 is 6.13. The van der Waals surface area contributed by atoms with Crippen LogP contribution in [0.5, 0.6) is 11.5 Å². The average Bonchev–Trinajstić information content (AvgIpc) is 2.63. The van der Waals surface area contributed by atoms with Gasteiger partial charge in [0.2, 0.25) is 0 Å². The van der Waals surface area contributed by atoms with E-state index < -0.39 is 0 Å². The highest BCUT2D eigenvalue weighted by Gasteiger charge is 2.25. The Morgan fingerprint density at radius 3 is 2.68 bits per heavy atom. The van der Waals surface area contributed by atoms with Crippen LogP contribution < -0.4 is 10.1 Å². The second-order valence-corrected chi connectivity index (χ2v) is 6.89. The van der Waals surface area contributed by atoms with Crippen LogP contribution in [-0.4, -0.2) is 12.6 Å². The highest BCUT2D eigenvalue weighted by molar-refractivity contribution is 6.30. The lowest BCUT2D eigenvalue weighted by Crippen LogP contribution is -2.37. The average molecular weight is 353 g/mol. The summed E-state index contributed by atoms with van der Waals surface area (Å²) >= 11 is 5.93. The van der Waals surface area contributed by atoms with Crippen molar-refractivity contribution in [3.05, 3.63) is 71.2 Å². The van der Waals surface area contributed by atoms with Gasteiger partial charge in [0.1, 0.15) is 11.9 Å². The molecule has 1 aliphatic rings. The van der Waals surface area contributed by atoms with Crippen LogP contribution in [0.1, 0.15) is 24.4 Å². The summed E-state index contributed by atoms with van der Waals surface area (Å²) in [5.74, 6) is 0.883. The second kappa shape index (κ2) is 6.95. The molecule has 1 fully saturated rings. The van der Waals surface area contributed by atoms with E-state index in [2.05, 4.69) is 11.4 Å². The molecule has 3 nitrogen and oxygen atoms in total. The van der Waals surface area contributed by atoms with Gasteiger partial charge in [0.25, 0.3) is 0 Å². The Bertz CT molecular complexity index is 879. The monoisotopic (exact) mass is 352 g/mol. The molecule has 127 valence electrons. The summed E-state index contributed by atoms with van der Waals surface area (Å²) in [6.07, 6.45) is 1.88. The number of ether oxygens (including phenoxy) is 1. The van der Waals surface area contributed by atoms with Crippen LogP contribution in [0.15, 0.2) is 60.7 Å². The molecule has 1 heterocycles. The number of piperidine rings is 1. The van der Waals surface area contributed by atoms with Crippen molar-refractivity contribution >= 4 is 22.4 Å². The lowest BCUT2D eigenvalue weighted by Gasteiger charge is -2.31. The van der Waals surface area contributed by atoms with Crippen molar-refractivity contribution in [1.82, 2.24) is 5.32 Å². The third-order valence-electron chi connectivity index (χ3n) is 4.71. The zero-order valence-electron chi connectivity index (χ0n) is 13.7. The minimum absolute atomic E-state index is 0.0521. The van der Waals surface area contributed by atoms with Gasteiger partial charge in [-0.05, 0) is 65.7 Å². The molecule has 0 saturated carbocycles. The number of hydrogen-bond donors (Lipinski definition) is 1. The zero-order chi connectivity index (χ0) is 17.2. The first kappa shape index (κ1) is 16.2. The molecule has 2 atom stereocenters. The summed E-state index contributed by atoms with van der Waals surface area (Å²) in [4.78, 5) is 0. The molecule has 0 aromatic heterocycles. The van der Waals surface area contributed by atoms with Crippen LogP contribution in [0.4, 0.5) is 0 Å². The van der Waals surface area contributed by atoms with E-state index in [9.17, 15) is 5.11 Å². The first-order chi connectivity index (χ1) is 12.2. The topological polar surface area (TPSA) is 41.2 Å². The number of rotatable bonds is 3. The van der Waals surface area contributed by atoms with Crippen LogP contribution >= 0.6 is 11.6 Å². The Labute approximate surface area is 152 Å².